The van der Waals surface area contributed by atoms with E-state index in [4.69, 9.17) is 0 Å². The summed E-state index contributed by atoms with van der Waals surface area (Å²) in [5.74, 6) is 0.640. The number of hydrogen-bond acceptors (Lipinski definition) is 5. The summed E-state index contributed by atoms with van der Waals surface area (Å²) >= 11 is 0. The Hall–Kier alpha value is -1.67. The Bertz CT molecular complexity index is 486. The van der Waals surface area contributed by atoms with Crippen LogP contribution < -0.4 is 5.32 Å². The zero-order valence-electron chi connectivity index (χ0n) is 12.4. The van der Waals surface area contributed by atoms with Gasteiger partial charge >= 0.3 is 0 Å². The Morgan fingerprint density at radius 2 is 1.95 bits per heavy atom. The average Bonchev–Trinajstić information content (AvgIpc) is 2.99. The maximum Gasteiger partial charge on any atom is 0.166 e. The summed E-state index contributed by atoms with van der Waals surface area (Å²) < 4.78 is 0. The van der Waals surface area contributed by atoms with Crippen molar-refractivity contribution in [3.05, 3.63) is 16.8 Å². The second-order valence-electron chi connectivity index (χ2n) is 5.14. The van der Waals surface area contributed by atoms with Gasteiger partial charge in [0.05, 0.1) is 5.69 Å². The molecule has 1 aliphatic rings. The SMILES string of the molecule is CCc1nnc(NCCN2CCCC2)c(C#N)c1CC. The van der Waals surface area contributed by atoms with Crippen molar-refractivity contribution < 1.29 is 0 Å². The van der Waals surface area contributed by atoms with E-state index in [1.54, 1.807) is 0 Å². The van der Waals surface area contributed by atoms with E-state index < -0.39 is 0 Å². The molecule has 1 saturated heterocycles. The lowest BCUT2D eigenvalue weighted by Gasteiger charge is -2.16. The first kappa shape index (κ1) is 14.7. The van der Waals surface area contributed by atoms with Crippen molar-refractivity contribution >= 4 is 5.82 Å². The molecule has 0 aliphatic carbocycles. The number of nitrogens with zero attached hydrogens (tertiary/aromatic N) is 4. The smallest absolute Gasteiger partial charge is 0.166 e. The Morgan fingerprint density at radius 1 is 1.20 bits per heavy atom. The lowest BCUT2D eigenvalue weighted by atomic mass is 10.0. The summed E-state index contributed by atoms with van der Waals surface area (Å²) in [6, 6.07) is 2.29. The molecule has 108 valence electrons. The first-order valence-electron chi connectivity index (χ1n) is 7.54. The van der Waals surface area contributed by atoms with Gasteiger partial charge in [-0.15, -0.1) is 5.10 Å². The summed E-state index contributed by atoms with van der Waals surface area (Å²) in [4.78, 5) is 2.44. The first-order valence-corrected chi connectivity index (χ1v) is 7.54. The van der Waals surface area contributed by atoms with Gasteiger partial charge in [-0.2, -0.15) is 10.4 Å². The third-order valence-corrected chi connectivity index (χ3v) is 3.88. The third kappa shape index (κ3) is 3.26. The third-order valence-electron chi connectivity index (χ3n) is 3.88. The zero-order valence-corrected chi connectivity index (χ0v) is 12.4. The topological polar surface area (TPSA) is 64.8 Å². The van der Waals surface area contributed by atoms with E-state index in [2.05, 4.69) is 33.4 Å². The second-order valence-corrected chi connectivity index (χ2v) is 5.14. The lowest BCUT2D eigenvalue weighted by molar-refractivity contribution is 0.352. The number of aryl methyl sites for hydroxylation is 1. The highest BCUT2D eigenvalue weighted by Crippen LogP contribution is 2.19. The second kappa shape index (κ2) is 7.20. The number of hydrogen-bond donors (Lipinski definition) is 1. The summed E-state index contributed by atoms with van der Waals surface area (Å²) in [5, 5.41) is 21.1. The number of nitrogens with one attached hydrogen (secondary N) is 1. The molecule has 0 atom stereocenters. The number of nitriles is 1. The van der Waals surface area contributed by atoms with Crippen molar-refractivity contribution in [1.29, 1.82) is 5.26 Å². The molecule has 20 heavy (non-hydrogen) atoms. The molecule has 0 radical (unpaired) electrons. The molecule has 1 N–H and O–H groups in total. The average molecular weight is 273 g/mol. The highest BCUT2D eigenvalue weighted by Gasteiger charge is 2.15. The largest absolute Gasteiger partial charge is 0.366 e. The Kier molecular flexibility index (Phi) is 5.31. The van der Waals surface area contributed by atoms with Gasteiger partial charge in [0.2, 0.25) is 0 Å². The van der Waals surface area contributed by atoms with Gasteiger partial charge in [0, 0.05) is 13.1 Å². The molecular weight excluding hydrogens is 250 g/mol. The van der Waals surface area contributed by atoms with Crippen LogP contribution in [0.4, 0.5) is 5.82 Å². The maximum atomic E-state index is 9.39. The lowest BCUT2D eigenvalue weighted by Crippen LogP contribution is -2.26. The minimum Gasteiger partial charge on any atom is -0.366 e. The Balaban J connectivity index is 2.05. The molecule has 1 aliphatic heterocycles. The highest BCUT2D eigenvalue weighted by atomic mass is 15.2. The van der Waals surface area contributed by atoms with Gasteiger partial charge in [-0.25, -0.2) is 0 Å². The van der Waals surface area contributed by atoms with Crippen molar-refractivity contribution in [3.63, 3.8) is 0 Å². The standard InChI is InChI=1S/C15H23N5/c1-3-12-13(11-16)15(19-18-14(12)4-2)17-7-10-20-8-5-6-9-20/h3-10H2,1-2H3,(H,17,19). The van der Waals surface area contributed by atoms with E-state index in [9.17, 15) is 5.26 Å². The van der Waals surface area contributed by atoms with Crippen LogP contribution in [0.15, 0.2) is 0 Å². The van der Waals surface area contributed by atoms with Crippen LogP contribution in [-0.2, 0) is 12.8 Å². The molecule has 2 rings (SSSR count). The number of rotatable bonds is 6. The number of anilines is 1. The van der Waals surface area contributed by atoms with E-state index in [0.29, 0.717) is 11.4 Å². The predicted octanol–water partition coefficient (Wildman–Crippen LogP) is 1.98. The van der Waals surface area contributed by atoms with Gasteiger partial charge in [0.25, 0.3) is 0 Å². The van der Waals surface area contributed by atoms with Crippen LogP contribution in [-0.4, -0.2) is 41.3 Å². The van der Waals surface area contributed by atoms with Gasteiger partial charge in [0.1, 0.15) is 11.6 Å². The van der Waals surface area contributed by atoms with Gasteiger partial charge in [-0.1, -0.05) is 13.8 Å². The molecule has 0 amide bonds. The summed E-state index contributed by atoms with van der Waals surface area (Å²) in [6.45, 7) is 8.30. The van der Waals surface area contributed by atoms with Gasteiger partial charge < -0.3 is 10.2 Å². The monoisotopic (exact) mass is 273 g/mol. The van der Waals surface area contributed by atoms with Crippen molar-refractivity contribution in [2.24, 2.45) is 0 Å². The van der Waals surface area contributed by atoms with Crippen LogP contribution in [0.3, 0.4) is 0 Å². The van der Waals surface area contributed by atoms with Crippen molar-refractivity contribution in [1.82, 2.24) is 15.1 Å². The van der Waals surface area contributed by atoms with Crippen LogP contribution in [0.2, 0.25) is 0 Å². The molecule has 1 aromatic heterocycles. The molecule has 5 heteroatoms. The molecule has 2 heterocycles. The first-order chi connectivity index (χ1) is 9.80. The van der Waals surface area contributed by atoms with Crippen LogP contribution in [0.5, 0.6) is 0 Å². The van der Waals surface area contributed by atoms with Crippen molar-refractivity contribution in [2.45, 2.75) is 39.5 Å². The van der Waals surface area contributed by atoms with E-state index in [-0.39, 0.29) is 0 Å². The van der Waals surface area contributed by atoms with Gasteiger partial charge in [-0.3, -0.25) is 0 Å². The zero-order chi connectivity index (χ0) is 14.4. The fourth-order valence-electron chi connectivity index (χ4n) is 2.76. The van der Waals surface area contributed by atoms with Crippen LogP contribution >= 0.6 is 0 Å². The predicted molar refractivity (Wildman–Crippen MR) is 79.7 cm³/mol. The Labute approximate surface area is 121 Å². The molecule has 0 aromatic carbocycles. The summed E-state index contributed by atoms with van der Waals surface area (Å²) in [6.07, 6.45) is 4.24. The highest BCUT2D eigenvalue weighted by molar-refractivity contribution is 5.56. The fourth-order valence-corrected chi connectivity index (χ4v) is 2.76. The molecule has 1 aromatic rings. The van der Waals surface area contributed by atoms with E-state index >= 15 is 0 Å². The molecule has 0 bridgehead atoms. The number of likely N-dealkylation sites (tertiary alicyclic amines) is 1. The van der Waals surface area contributed by atoms with E-state index in [1.807, 2.05) is 6.92 Å². The number of aromatic nitrogens is 2. The van der Waals surface area contributed by atoms with E-state index in [0.717, 1.165) is 37.2 Å². The molecule has 1 fully saturated rings. The van der Waals surface area contributed by atoms with Crippen molar-refractivity contribution in [2.75, 3.05) is 31.5 Å². The van der Waals surface area contributed by atoms with Crippen LogP contribution in [0.1, 0.15) is 43.5 Å². The molecular formula is C15H23N5. The normalized spacial score (nSPS) is 15.2. The Morgan fingerprint density at radius 3 is 2.55 bits per heavy atom. The summed E-state index contributed by atoms with van der Waals surface area (Å²) in [5.41, 5.74) is 2.64. The minimum atomic E-state index is 0.640. The quantitative estimate of drug-likeness (QED) is 0.858. The van der Waals surface area contributed by atoms with Crippen LogP contribution in [0.25, 0.3) is 0 Å². The molecule has 5 nitrogen and oxygen atoms in total. The molecule has 0 saturated carbocycles. The maximum absolute atomic E-state index is 9.39. The van der Waals surface area contributed by atoms with Gasteiger partial charge in [-0.05, 0) is 44.3 Å². The molecule has 0 spiro atoms. The van der Waals surface area contributed by atoms with E-state index in [1.165, 1.54) is 25.9 Å². The van der Waals surface area contributed by atoms with Crippen molar-refractivity contribution in [3.8, 4) is 6.07 Å². The minimum absolute atomic E-state index is 0.640. The van der Waals surface area contributed by atoms with Gasteiger partial charge in [0.15, 0.2) is 5.82 Å². The summed E-state index contributed by atoms with van der Waals surface area (Å²) in [7, 11) is 0. The fraction of sp³-hybridized carbons (Fsp3) is 0.667. The van der Waals surface area contributed by atoms with Crippen LogP contribution in [0, 0.1) is 11.3 Å². The molecule has 0 unspecified atom stereocenters.